The Morgan fingerprint density at radius 1 is 1.28 bits per heavy atom. The summed E-state index contributed by atoms with van der Waals surface area (Å²) in [5.41, 5.74) is 0. The van der Waals surface area contributed by atoms with Crippen LogP contribution in [0.15, 0.2) is 0 Å². The van der Waals surface area contributed by atoms with E-state index in [1.54, 1.807) is 0 Å². The number of aliphatic hydroxyl groups is 1. The molecule has 1 atom stereocenters. The summed E-state index contributed by atoms with van der Waals surface area (Å²) in [6.45, 7) is 5.83. The van der Waals surface area contributed by atoms with E-state index in [4.69, 9.17) is 0 Å². The van der Waals surface area contributed by atoms with Gasteiger partial charge in [0.2, 0.25) is 5.91 Å². The van der Waals surface area contributed by atoms with Gasteiger partial charge in [0.1, 0.15) is 0 Å². The highest BCUT2D eigenvalue weighted by Crippen LogP contribution is 2.30. The highest BCUT2D eigenvalue weighted by Gasteiger charge is 2.27. The van der Waals surface area contributed by atoms with E-state index >= 15 is 0 Å². The van der Waals surface area contributed by atoms with Crippen LogP contribution in [0.1, 0.15) is 39.0 Å². The number of rotatable bonds is 5. The van der Waals surface area contributed by atoms with Gasteiger partial charge in [-0.15, -0.1) is 0 Å². The average Bonchev–Trinajstić information content (AvgIpc) is 2.36. The molecule has 1 amide bonds. The molecule has 18 heavy (non-hydrogen) atoms. The van der Waals surface area contributed by atoms with Crippen molar-refractivity contribution in [1.82, 2.24) is 9.80 Å². The van der Waals surface area contributed by atoms with E-state index in [0.29, 0.717) is 11.8 Å². The van der Waals surface area contributed by atoms with E-state index in [-0.39, 0.29) is 12.6 Å². The number of piperazine rings is 1. The molecule has 104 valence electrons. The molecular weight excluding hydrogens is 228 g/mol. The third-order valence-corrected chi connectivity index (χ3v) is 4.55. The number of carbonyl (C=O) groups is 1. The molecule has 4 heteroatoms. The fourth-order valence-electron chi connectivity index (χ4n) is 2.91. The minimum absolute atomic E-state index is 0.229. The Bertz CT molecular complexity index is 267. The van der Waals surface area contributed by atoms with Crippen LogP contribution in [0.25, 0.3) is 0 Å². The first-order valence-electron chi connectivity index (χ1n) is 7.37. The summed E-state index contributed by atoms with van der Waals surface area (Å²) in [5.74, 6) is 1.01. The number of aliphatic hydroxyl groups excluding tert-OH is 1. The van der Waals surface area contributed by atoms with Crippen LogP contribution >= 0.6 is 0 Å². The monoisotopic (exact) mass is 254 g/mol. The Hall–Kier alpha value is -0.610. The quantitative estimate of drug-likeness (QED) is 0.799. The van der Waals surface area contributed by atoms with Crippen molar-refractivity contribution < 1.29 is 9.90 Å². The van der Waals surface area contributed by atoms with Gasteiger partial charge in [-0.2, -0.15) is 0 Å². The van der Waals surface area contributed by atoms with E-state index in [9.17, 15) is 9.90 Å². The third kappa shape index (κ3) is 3.23. The second kappa shape index (κ2) is 6.53. The molecule has 0 aromatic heterocycles. The van der Waals surface area contributed by atoms with Gasteiger partial charge in [0, 0.05) is 38.6 Å². The molecule has 2 rings (SSSR count). The molecule has 0 aromatic carbocycles. The largest absolute Gasteiger partial charge is 0.395 e. The van der Waals surface area contributed by atoms with Crippen molar-refractivity contribution in [1.29, 1.82) is 0 Å². The first kappa shape index (κ1) is 13.8. The highest BCUT2D eigenvalue weighted by molar-refractivity contribution is 5.76. The number of hydrogen-bond donors (Lipinski definition) is 1. The first-order valence-corrected chi connectivity index (χ1v) is 7.37. The van der Waals surface area contributed by atoms with Crippen molar-refractivity contribution in [2.24, 2.45) is 5.92 Å². The molecule has 1 aliphatic carbocycles. The average molecular weight is 254 g/mol. The van der Waals surface area contributed by atoms with Gasteiger partial charge in [0.15, 0.2) is 0 Å². The smallest absolute Gasteiger partial charge is 0.222 e. The van der Waals surface area contributed by atoms with E-state index in [1.165, 1.54) is 19.3 Å². The van der Waals surface area contributed by atoms with Crippen molar-refractivity contribution >= 4 is 5.91 Å². The molecule has 0 spiro atoms. The second-order valence-electron chi connectivity index (χ2n) is 5.66. The lowest BCUT2D eigenvalue weighted by Crippen LogP contribution is -2.53. The molecule has 1 aliphatic heterocycles. The zero-order valence-corrected chi connectivity index (χ0v) is 11.5. The third-order valence-electron chi connectivity index (χ3n) is 4.55. The van der Waals surface area contributed by atoms with Gasteiger partial charge in [0.05, 0.1) is 6.61 Å². The summed E-state index contributed by atoms with van der Waals surface area (Å²) in [7, 11) is 0. The number of nitrogens with zero attached hydrogens (tertiary/aromatic N) is 2. The molecule has 2 aliphatic rings. The van der Waals surface area contributed by atoms with Crippen molar-refractivity contribution in [2.75, 3.05) is 32.8 Å². The Balaban J connectivity index is 1.73. The van der Waals surface area contributed by atoms with E-state index in [2.05, 4.69) is 11.8 Å². The standard InChI is InChI=1S/C14H26N2O2/c1-2-13(11-17)15-6-8-16(9-7-15)14(18)10-12-4-3-5-12/h12-13,17H,2-11H2,1H3. The summed E-state index contributed by atoms with van der Waals surface area (Å²) < 4.78 is 0. The van der Waals surface area contributed by atoms with Crippen LogP contribution in [0.3, 0.4) is 0 Å². The molecule has 1 unspecified atom stereocenters. The van der Waals surface area contributed by atoms with Crippen LogP contribution < -0.4 is 0 Å². The van der Waals surface area contributed by atoms with E-state index in [0.717, 1.165) is 39.0 Å². The van der Waals surface area contributed by atoms with Gasteiger partial charge < -0.3 is 10.0 Å². The lowest BCUT2D eigenvalue weighted by atomic mass is 9.82. The molecular formula is C14H26N2O2. The fourth-order valence-corrected chi connectivity index (χ4v) is 2.91. The maximum atomic E-state index is 12.1. The lowest BCUT2D eigenvalue weighted by molar-refractivity contribution is -0.135. The summed E-state index contributed by atoms with van der Waals surface area (Å²) in [4.78, 5) is 16.4. The lowest BCUT2D eigenvalue weighted by Gasteiger charge is -2.39. The molecule has 2 fully saturated rings. The Morgan fingerprint density at radius 3 is 2.39 bits per heavy atom. The predicted molar refractivity (Wildman–Crippen MR) is 71.3 cm³/mol. The molecule has 0 aromatic rings. The maximum Gasteiger partial charge on any atom is 0.222 e. The topological polar surface area (TPSA) is 43.8 Å². The SMILES string of the molecule is CCC(CO)N1CCN(C(=O)CC2CCC2)CC1. The van der Waals surface area contributed by atoms with E-state index in [1.807, 2.05) is 4.90 Å². The maximum absolute atomic E-state index is 12.1. The second-order valence-corrected chi connectivity index (χ2v) is 5.66. The number of amides is 1. The number of hydrogen-bond acceptors (Lipinski definition) is 3. The van der Waals surface area contributed by atoms with Gasteiger partial charge in [-0.1, -0.05) is 13.3 Å². The van der Waals surface area contributed by atoms with Crippen LogP contribution in [-0.2, 0) is 4.79 Å². The van der Waals surface area contributed by atoms with Crippen molar-refractivity contribution in [3.8, 4) is 0 Å². The predicted octanol–water partition coefficient (Wildman–Crippen LogP) is 1.09. The molecule has 1 heterocycles. The zero-order valence-electron chi connectivity index (χ0n) is 11.5. The van der Waals surface area contributed by atoms with Gasteiger partial charge in [-0.25, -0.2) is 0 Å². The van der Waals surface area contributed by atoms with Crippen LogP contribution in [-0.4, -0.2) is 59.6 Å². The van der Waals surface area contributed by atoms with Gasteiger partial charge in [-0.05, 0) is 25.2 Å². The van der Waals surface area contributed by atoms with E-state index < -0.39 is 0 Å². The van der Waals surface area contributed by atoms with Crippen LogP contribution in [0, 0.1) is 5.92 Å². The van der Waals surface area contributed by atoms with Crippen molar-refractivity contribution in [3.05, 3.63) is 0 Å². The molecule has 4 nitrogen and oxygen atoms in total. The molecule has 1 N–H and O–H groups in total. The van der Waals surface area contributed by atoms with Crippen LogP contribution in [0.5, 0.6) is 0 Å². The van der Waals surface area contributed by atoms with Gasteiger partial charge in [0.25, 0.3) is 0 Å². The zero-order chi connectivity index (χ0) is 13.0. The van der Waals surface area contributed by atoms with Crippen molar-refractivity contribution in [2.45, 2.75) is 45.1 Å². The minimum atomic E-state index is 0.229. The number of carbonyl (C=O) groups excluding carboxylic acids is 1. The molecule has 1 saturated heterocycles. The molecule has 1 saturated carbocycles. The fraction of sp³-hybridized carbons (Fsp3) is 0.929. The normalized spacial score (nSPS) is 23.8. The van der Waals surface area contributed by atoms with Crippen LogP contribution in [0.2, 0.25) is 0 Å². The summed E-state index contributed by atoms with van der Waals surface area (Å²) in [5, 5.41) is 9.29. The highest BCUT2D eigenvalue weighted by atomic mass is 16.3. The van der Waals surface area contributed by atoms with Gasteiger partial charge in [-0.3, -0.25) is 9.69 Å². The van der Waals surface area contributed by atoms with Crippen LogP contribution in [0.4, 0.5) is 0 Å². The summed E-state index contributed by atoms with van der Waals surface area (Å²) >= 11 is 0. The molecule has 0 radical (unpaired) electrons. The summed E-state index contributed by atoms with van der Waals surface area (Å²) in [6, 6.07) is 0.272. The first-order chi connectivity index (χ1) is 8.74. The Morgan fingerprint density at radius 2 is 1.94 bits per heavy atom. The van der Waals surface area contributed by atoms with Gasteiger partial charge >= 0.3 is 0 Å². The minimum Gasteiger partial charge on any atom is -0.395 e. The Labute approximate surface area is 110 Å². The molecule has 0 bridgehead atoms. The summed E-state index contributed by atoms with van der Waals surface area (Å²) in [6.07, 6.45) is 5.53. The van der Waals surface area contributed by atoms with Crippen molar-refractivity contribution in [3.63, 3.8) is 0 Å². The Kier molecular flexibility index (Phi) is 5.01.